The van der Waals surface area contributed by atoms with Crippen LogP contribution in [0.5, 0.6) is 5.75 Å². The van der Waals surface area contributed by atoms with E-state index in [9.17, 15) is 4.79 Å². The van der Waals surface area contributed by atoms with Crippen LogP contribution in [-0.4, -0.2) is 26.8 Å². The average molecular weight is 457 g/mol. The molecule has 0 radical (unpaired) electrons. The SMILES string of the molecule is COc1ccc(-c2noc(CSc3nc4ccccc4c(=O)n3-c3cccc(C)c3)n2)cc1. The number of para-hydroxylation sites is 1. The van der Waals surface area contributed by atoms with Gasteiger partial charge in [-0.05, 0) is 61.0 Å². The number of hydrogen-bond donors (Lipinski definition) is 0. The lowest BCUT2D eigenvalue weighted by Crippen LogP contribution is -2.21. The molecule has 0 N–H and O–H groups in total. The maximum Gasteiger partial charge on any atom is 0.266 e. The minimum Gasteiger partial charge on any atom is -0.497 e. The molecule has 5 rings (SSSR count). The molecule has 0 fully saturated rings. The van der Waals surface area contributed by atoms with Crippen molar-refractivity contribution in [2.24, 2.45) is 0 Å². The number of nitrogens with zero attached hydrogens (tertiary/aromatic N) is 4. The Morgan fingerprint density at radius 3 is 2.61 bits per heavy atom. The Bertz CT molecular complexity index is 1490. The fourth-order valence-electron chi connectivity index (χ4n) is 3.50. The molecule has 0 saturated carbocycles. The molecule has 0 spiro atoms. The van der Waals surface area contributed by atoms with Gasteiger partial charge in [-0.1, -0.05) is 41.2 Å². The van der Waals surface area contributed by atoms with Crippen LogP contribution in [0, 0.1) is 6.92 Å². The van der Waals surface area contributed by atoms with Crippen LogP contribution in [0.3, 0.4) is 0 Å². The number of hydrogen-bond acceptors (Lipinski definition) is 7. The number of fused-ring (bicyclic) bond motifs is 1. The first-order valence-corrected chi connectivity index (χ1v) is 11.3. The van der Waals surface area contributed by atoms with Gasteiger partial charge < -0.3 is 9.26 Å². The number of aromatic nitrogens is 4. The topological polar surface area (TPSA) is 83.0 Å². The van der Waals surface area contributed by atoms with E-state index in [1.807, 2.05) is 73.7 Å². The summed E-state index contributed by atoms with van der Waals surface area (Å²) in [6.45, 7) is 2.00. The summed E-state index contributed by atoms with van der Waals surface area (Å²) in [5.74, 6) is 2.08. The lowest BCUT2D eigenvalue weighted by molar-refractivity contribution is 0.391. The van der Waals surface area contributed by atoms with Gasteiger partial charge in [0.15, 0.2) is 5.16 Å². The molecule has 0 aliphatic rings. The van der Waals surface area contributed by atoms with Gasteiger partial charge in [0, 0.05) is 5.56 Å². The quantitative estimate of drug-likeness (QED) is 0.261. The Morgan fingerprint density at radius 2 is 1.82 bits per heavy atom. The van der Waals surface area contributed by atoms with Gasteiger partial charge in [-0.2, -0.15) is 4.98 Å². The molecule has 164 valence electrons. The van der Waals surface area contributed by atoms with Crippen LogP contribution in [0.2, 0.25) is 0 Å². The molecule has 33 heavy (non-hydrogen) atoms. The normalized spacial score (nSPS) is 11.1. The van der Waals surface area contributed by atoms with E-state index < -0.39 is 0 Å². The molecule has 0 saturated heterocycles. The zero-order valence-corrected chi connectivity index (χ0v) is 18.9. The lowest BCUT2D eigenvalue weighted by atomic mass is 10.2. The van der Waals surface area contributed by atoms with Crippen molar-refractivity contribution in [1.29, 1.82) is 0 Å². The Labute approximate surface area is 194 Å². The Balaban J connectivity index is 1.48. The Morgan fingerprint density at radius 1 is 1.00 bits per heavy atom. The van der Waals surface area contributed by atoms with E-state index in [1.165, 1.54) is 11.8 Å². The van der Waals surface area contributed by atoms with E-state index in [0.29, 0.717) is 33.5 Å². The smallest absolute Gasteiger partial charge is 0.266 e. The molecule has 0 aliphatic heterocycles. The second kappa shape index (κ2) is 8.91. The fraction of sp³-hybridized carbons (Fsp3) is 0.120. The molecule has 2 heterocycles. The third-order valence-electron chi connectivity index (χ3n) is 5.15. The van der Waals surface area contributed by atoms with Crippen molar-refractivity contribution in [2.45, 2.75) is 17.8 Å². The Kier molecular flexibility index (Phi) is 5.66. The molecule has 3 aromatic carbocycles. The van der Waals surface area contributed by atoms with E-state index >= 15 is 0 Å². The first-order valence-electron chi connectivity index (χ1n) is 10.3. The summed E-state index contributed by atoms with van der Waals surface area (Å²) in [7, 11) is 1.62. The Hall–Kier alpha value is -3.91. The van der Waals surface area contributed by atoms with Gasteiger partial charge in [0.05, 0.1) is 29.5 Å². The summed E-state index contributed by atoms with van der Waals surface area (Å²) >= 11 is 1.38. The van der Waals surface area contributed by atoms with E-state index in [-0.39, 0.29) is 5.56 Å². The van der Waals surface area contributed by atoms with Crippen LogP contribution in [0.1, 0.15) is 11.5 Å². The van der Waals surface area contributed by atoms with Gasteiger partial charge in [-0.25, -0.2) is 4.98 Å². The van der Waals surface area contributed by atoms with Gasteiger partial charge in [0.2, 0.25) is 11.7 Å². The van der Waals surface area contributed by atoms with Gasteiger partial charge in [-0.3, -0.25) is 9.36 Å². The van der Waals surface area contributed by atoms with Gasteiger partial charge in [0.25, 0.3) is 5.56 Å². The van der Waals surface area contributed by atoms with Crippen molar-refractivity contribution in [3.05, 3.63) is 94.6 Å². The van der Waals surface area contributed by atoms with E-state index in [2.05, 4.69) is 10.1 Å². The van der Waals surface area contributed by atoms with Gasteiger partial charge in [-0.15, -0.1) is 0 Å². The third-order valence-corrected chi connectivity index (χ3v) is 6.07. The summed E-state index contributed by atoms with van der Waals surface area (Å²) < 4.78 is 12.3. The molecule has 2 aromatic heterocycles. The largest absolute Gasteiger partial charge is 0.497 e. The molecule has 7 nitrogen and oxygen atoms in total. The van der Waals surface area contributed by atoms with Crippen LogP contribution in [0.15, 0.2) is 87.3 Å². The highest BCUT2D eigenvalue weighted by molar-refractivity contribution is 7.98. The molecular weight excluding hydrogens is 436 g/mol. The van der Waals surface area contributed by atoms with E-state index in [4.69, 9.17) is 14.2 Å². The minimum absolute atomic E-state index is 0.113. The number of aryl methyl sites for hydroxylation is 1. The number of benzene rings is 3. The average Bonchev–Trinajstić information content (AvgIpc) is 3.32. The van der Waals surface area contributed by atoms with Crippen LogP contribution in [0.25, 0.3) is 28.0 Å². The number of rotatable bonds is 6. The molecule has 0 unspecified atom stereocenters. The predicted octanol–water partition coefficient (Wildman–Crippen LogP) is 5.05. The standard InChI is InChI=1S/C25H20N4O3S/c1-16-6-5-7-18(14-16)29-24(30)20-8-3-4-9-21(20)26-25(29)33-15-22-27-23(28-32-22)17-10-12-19(31-2)13-11-17/h3-14H,15H2,1-2H3. The van der Waals surface area contributed by atoms with Gasteiger partial charge >= 0.3 is 0 Å². The third kappa shape index (κ3) is 4.25. The second-order valence-corrected chi connectivity index (χ2v) is 8.36. The highest BCUT2D eigenvalue weighted by Crippen LogP contribution is 2.26. The lowest BCUT2D eigenvalue weighted by Gasteiger charge is -2.13. The maximum atomic E-state index is 13.4. The number of ether oxygens (including phenoxy) is 1. The molecule has 8 heteroatoms. The number of methoxy groups -OCH3 is 1. The zero-order chi connectivity index (χ0) is 22.8. The fourth-order valence-corrected chi connectivity index (χ4v) is 4.35. The van der Waals surface area contributed by atoms with Crippen molar-refractivity contribution >= 4 is 22.7 Å². The van der Waals surface area contributed by atoms with Crippen molar-refractivity contribution in [1.82, 2.24) is 19.7 Å². The predicted molar refractivity (Wildman–Crippen MR) is 128 cm³/mol. The zero-order valence-electron chi connectivity index (χ0n) is 18.1. The van der Waals surface area contributed by atoms with Gasteiger partial charge in [0.1, 0.15) is 5.75 Å². The summed E-state index contributed by atoms with van der Waals surface area (Å²) in [6.07, 6.45) is 0. The van der Waals surface area contributed by atoms with Crippen molar-refractivity contribution < 1.29 is 9.26 Å². The summed E-state index contributed by atoms with van der Waals surface area (Å²) in [4.78, 5) is 22.6. The first kappa shape index (κ1) is 21.0. The van der Waals surface area contributed by atoms with Crippen LogP contribution in [0.4, 0.5) is 0 Å². The monoisotopic (exact) mass is 456 g/mol. The first-order chi connectivity index (χ1) is 16.1. The van der Waals surface area contributed by atoms with Crippen LogP contribution >= 0.6 is 11.8 Å². The van der Waals surface area contributed by atoms with Crippen molar-refractivity contribution in [3.8, 4) is 22.8 Å². The molecule has 0 atom stereocenters. The van der Waals surface area contributed by atoms with E-state index in [1.54, 1.807) is 17.7 Å². The molecular formula is C25H20N4O3S. The maximum absolute atomic E-state index is 13.4. The van der Waals surface area contributed by atoms with Crippen LogP contribution < -0.4 is 10.3 Å². The molecule has 0 bridgehead atoms. The molecule has 5 aromatic rings. The van der Waals surface area contributed by atoms with Crippen molar-refractivity contribution in [2.75, 3.05) is 7.11 Å². The second-order valence-electron chi connectivity index (χ2n) is 7.42. The summed E-state index contributed by atoms with van der Waals surface area (Å²) in [5, 5.41) is 5.22. The van der Waals surface area contributed by atoms with E-state index in [0.717, 1.165) is 22.6 Å². The van der Waals surface area contributed by atoms with Crippen LogP contribution in [-0.2, 0) is 5.75 Å². The highest BCUT2D eigenvalue weighted by Gasteiger charge is 2.16. The summed E-state index contributed by atoms with van der Waals surface area (Å²) in [6, 6.07) is 22.6. The summed E-state index contributed by atoms with van der Waals surface area (Å²) in [5.41, 5.74) is 3.20. The highest BCUT2D eigenvalue weighted by atomic mass is 32.2. The molecule has 0 amide bonds. The number of thioether (sulfide) groups is 1. The molecule has 0 aliphatic carbocycles. The minimum atomic E-state index is -0.113. The van der Waals surface area contributed by atoms with Crippen molar-refractivity contribution in [3.63, 3.8) is 0 Å².